The van der Waals surface area contributed by atoms with E-state index in [1.165, 1.54) is 80.8 Å². The highest BCUT2D eigenvalue weighted by Crippen LogP contribution is 2.49. The Morgan fingerprint density at radius 1 is 0.667 bits per heavy atom. The van der Waals surface area contributed by atoms with Gasteiger partial charge in [-0.25, -0.2) is 4.98 Å². The summed E-state index contributed by atoms with van der Waals surface area (Å²) in [4.78, 5) is 6.92. The van der Waals surface area contributed by atoms with Crippen molar-refractivity contribution < 1.29 is 0 Å². The average molecular weight is 634 g/mol. The molecule has 228 valence electrons. The third kappa shape index (κ3) is 3.56. The van der Waals surface area contributed by atoms with Crippen molar-refractivity contribution >= 4 is 76.0 Å². The van der Waals surface area contributed by atoms with E-state index in [0.717, 1.165) is 24.2 Å². The van der Waals surface area contributed by atoms with E-state index < -0.39 is 0 Å². The zero-order valence-electron chi connectivity index (χ0n) is 26.5. The molecule has 4 aromatic heterocycles. The Morgan fingerprint density at radius 2 is 1.31 bits per heavy atom. The number of allylic oxidation sites excluding steroid dienone is 4. The predicted molar refractivity (Wildman–Crippen MR) is 203 cm³/mol. The van der Waals surface area contributed by atoms with Crippen LogP contribution in [0.3, 0.4) is 0 Å². The van der Waals surface area contributed by atoms with Gasteiger partial charge in [0.25, 0.3) is 0 Å². The molecule has 0 spiro atoms. The molecule has 2 aliphatic rings. The largest absolute Gasteiger partial charge is 0.333 e. The summed E-state index contributed by atoms with van der Waals surface area (Å²) >= 11 is 1.97. The summed E-state index contributed by atoms with van der Waals surface area (Å²) in [7, 11) is 0. The van der Waals surface area contributed by atoms with E-state index in [2.05, 4.69) is 149 Å². The van der Waals surface area contributed by atoms with Crippen LogP contribution in [0.5, 0.6) is 0 Å². The Kier molecular flexibility index (Phi) is 5.42. The van der Waals surface area contributed by atoms with Crippen molar-refractivity contribution in [2.24, 2.45) is 0 Å². The van der Waals surface area contributed by atoms with Gasteiger partial charge >= 0.3 is 0 Å². The lowest BCUT2D eigenvalue weighted by Crippen LogP contribution is -2.07. The summed E-state index contributed by atoms with van der Waals surface area (Å²) in [5.74, 6) is 1.49. The summed E-state index contributed by atoms with van der Waals surface area (Å²) in [5.41, 5.74) is 9.99. The molecule has 0 saturated heterocycles. The van der Waals surface area contributed by atoms with Crippen LogP contribution in [0.2, 0.25) is 0 Å². The van der Waals surface area contributed by atoms with Crippen LogP contribution in [0.4, 0.5) is 0 Å². The Balaban J connectivity index is 1.02. The van der Waals surface area contributed by atoms with Crippen LogP contribution in [0.15, 0.2) is 133 Å². The molecule has 2 unspecified atom stereocenters. The van der Waals surface area contributed by atoms with Crippen molar-refractivity contribution in [2.75, 3.05) is 0 Å². The quantitative estimate of drug-likeness (QED) is 0.190. The zero-order valence-corrected chi connectivity index (χ0v) is 27.3. The molecular formula is C44H31N3S. The smallest absolute Gasteiger partial charge is 0.145 e. The number of fused-ring (bicyclic) bond motifs is 6. The third-order valence-corrected chi connectivity index (χ3v) is 12.2. The van der Waals surface area contributed by atoms with Gasteiger partial charge in [0.2, 0.25) is 0 Å². The van der Waals surface area contributed by atoms with Gasteiger partial charge in [-0.2, -0.15) is 0 Å². The number of rotatable bonds is 3. The maximum absolute atomic E-state index is 5.42. The lowest BCUT2D eigenvalue weighted by atomic mass is 9.93. The minimum Gasteiger partial charge on any atom is -0.333 e. The molecular weight excluding hydrogens is 603 g/mol. The molecule has 0 N–H and O–H groups in total. The molecule has 0 amide bonds. The van der Waals surface area contributed by atoms with Gasteiger partial charge in [-0.3, -0.25) is 4.40 Å². The van der Waals surface area contributed by atoms with Crippen LogP contribution >= 0.6 is 11.3 Å². The number of hydrogen-bond acceptors (Lipinski definition) is 2. The molecule has 48 heavy (non-hydrogen) atoms. The second kappa shape index (κ2) is 9.79. The fourth-order valence-corrected chi connectivity index (χ4v) is 9.96. The van der Waals surface area contributed by atoms with E-state index in [4.69, 9.17) is 4.98 Å². The first-order valence-electron chi connectivity index (χ1n) is 17.0. The van der Waals surface area contributed by atoms with E-state index in [9.17, 15) is 0 Å². The molecule has 2 aliphatic carbocycles. The summed E-state index contributed by atoms with van der Waals surface area (Å²) < 4.78 is 6.35. The molecule has 3 nitrogen and oxygen atoms in total. The topological polar surface area (TPSA) is 22.2 Å². The summed E-state index contributed by atoms with van der Waals surface area (Å²) in [5, 5.41) is 8.06. The van der Waals surface area contributed by atoms with Crippen molar-refractivity contribution in [3.05, 3.63) is 150 Å². The number of hydrogen-bond donors (Lipinski definition) is 0. The molecule has 11 rings (SSSR count). The van der Waals surface area contributed by atoms with Gasteiger partial charge in [-0.05, 0) is 59.5 Å². The van der Waals surface area contributed by atoms with E-state index in [-0.39, 0.29) is 6.04 Å². The van der Waals surface area contributed by atoms with Gasteiger partial charge in [-0.15, -0.1) is 11.3 Å². The van der Waals surface area contributed by atoms with Gasteiger partial charge in [0.05, 0.1) is 22.8 Å². The van der Waals surface area contributed by atoms with Gasteiger partial charge in [0.15, 0.2) is 0 Å². The normalized spacial score (nSPS) is 17.6. The summed E-state index contributed by atoms with van der Waals surface area (Å²) in [6, 6.07) is 42.7. The first kappa shape index (κ1) is 26.6. The molecule has 9 aromatic rings. The van der Waals surface area contributed by atoms with Crippen LogP contribution < -0.4 is 0 Å². The van der Waals surface area contributed by atoms with Gasteiger partial charge in [-0.1, -0.05) is 116 Å². The molecule has 0 bridgehead atoms. The second-order valence-electron chi connectivity index (χ2n) is 13.5. The van der Waals surface area contributed by atoms with Crippen LogP contribution in [-0.2, 0) is 6.42 Å². The molecule has 0 radical (unpaired) electrons. The Hall–Kier alpha value is -5.45. The molecule has 4 heterocycles. The summed E-state index contributed by atoms with van der Waals surface area (Å²) in [6.07, 6.45) is 9.03. The molecule has 5 aromatic carbocycles. The maximum atomic E-state index is 5.42. The average Bonchev–Trinajstić information content (AvgIpc) is 3.79. The minimum atomic E-state index is 0.283. The Labute approximate surface area is 281 Å². The third-order valence-electron chi connectivity index (χ3n) is 10.8. The van der Waals surface area contributed by atoms with Crippen LogP contribution in [0.1, 0.15) is 41.4 Å². The second-order valence-corrected chi connectivity index (χ2v) is 14.6. The predicted octanol–water partition coefficient (Wildman–Crippen LogP) is 11.9. The standard InChI is InChI=1S/C44H31N3S/c1-26-25-35-42-41-40-34(12-8-16-39(40)48-43(26)41)33-11-4-7-15-38(33)47(42)44(45-35)29-19-17-27(18-20-29)28-21-23-30(24-22-28)46-36-13-5-2-9-31(36)32-10-3-6-14-37(32)46/h2-23,26,30H,24-25H2,1H3. The van der Waals surface area contributed by atoms with Crippen LogP contribution in [-0.4, -0.2) is 14.0 Å². The highest BCUT2D eigenvalue weighted by molar-refractivity contribution is 7.20. The first-order valence-corrected chi connectivity index (χ1v) is 17.8. The van der Waals surface area contributed by atoms with Crippen LogP contribution in [0.25, 0.3) is 76.0 Å². The minimum absolute atomic E-state index is 0.283. The SMILES string of the molecule is CC1Cc2nc(-c3ccc(C4=CCC(n5c6ccccc6c6ccccc65)C=C4)cc3)n3c4ccccc4c4cccc5sc1c(c54)c23. The monoisotopic (exact) mass is 633 g/mol. The maximum Gasteiger partial charge on any atom is 0.145 e. The van der Waals surface area contributed by atoms with Gasteiger partial charge in [0, 0.05) is 53.1 Å². The van der Waals surface area contributed by atoms with E-state index in [1.807, 2.05) is 11.3 Å². The molecule has 2 atom stereocenters. The molecule has 0 saturated carbocycles. The van der Waals surface area contributed by atoms with Crippen molar-refractivity contribution in [2.45, 2.75) is 31.7 Å². The van der Waals surface area contributed by atoms with E-state index in [1.54, 1.807) is 0 Å². The molecule has 0 aliphatic heterocycles. The Bertz CT molecular complexity index is 2800. The van der Waals surface area contributed by atoms with Crippen LogP contribution in [0, 0.1) is 0 Å². The fraction of sp³-hybridized carbons (Fsp3) is 0.114. The van der Waals surface area contributed by atoms with Crippen molar-refractivity contribution in [1.82, 2.24) is 14.0 Å². The molecule has 0 fully saturated rings. The van der Waals surface area contributed by atoms with E-state index in [0.29, 0.717) is 5.92 Å². The van der Waals surface area contributed by atoms with Crippen molar-refractivity contribution in [3.8, 4) is 11.4 Å². The lowest BCUT2D eigenvalue weighted by Gasteiger charge is -2.21. The lowest BCUT2D eigenvalue weighted by molar-refractivity contribution is 0.649. The highest BCUT2D eigenvalue weighted by Gasteiger charge is 2.29. The highest BCUT2D eigenvalue weighted by atomic mass is 32.1. The number of benzene rings is 5. The number of thiophene rings is 1. The first-order chi connectivity index (χ1) is 23.7. The fourth-order valence-electron chi connectivity index (χ4n) is 8.68. The van der Waals surface area contributed by atoms with E-state index >= 15 is 0 Å². The number of nitrogens with zero attached hydrogens (tertiary/aromatic N) is 3. The van der Waals surface area contributed by atoms with Crippen molar-refractivity contribution in [3.63, 3.8) is 0 Å². The zero-order chi connectivity index (χ0) is 31.5. The number of aromatic nitrogens is 3. The Morgan fingerprint density at radius 3 is 2.02 bits per heavy atom. The summed E-state index contributed by atoms with van der Waals surface area (Å²) in [6.45, 7) is 2.37. The van der Waals surface area contributed by atoms with Gasteiger partial charge < -0.3 is 4.57 Å². The molecule has 4 heteroatoms. The van der Waals surface area contributed by atoms with Crippen molar-refractivity contribution in [1.29, 1.82) is 0 Å². The number of para-hydroxylation sites is 3. The van der Waals surface area contributed by atoms with Gasteiger partial charge in [0.1, 0.15) is 5.82 Å². The number of imidazole rings is 1.